The third kappa shape index (κ3) is 6.67. The van der Waals surface area contributed by atoms with Crippen LogP contribution in [0.15, 0.2) is 64.6 Å². The molecule has 0 saturated heterocycles. The number of rotatable bonds is 8. The van der Waals surface area contributed by atoms with E-state index < -0.39 is 5.91 Å². The van der Waals surface area contributed by atoms with E-state index in [4.69, 9.17) is 32.7 Å². The molecule has 0 aliphatic rings. The molecule has 0 atom stereocenters. The Hall–Kier alpha value is -3.18. The molecule has 0 bridgehead atoms. The van der Waals surface area contributed by atoms with Gasteiger partial charge in [0.1, 0.15) is 24.0 Å². The van der Waals surface area contributed by atoms with Crippen LogP contribution in [-0.2, 0) is 11.4 Å². The molecular formula is C25H19BrCl2N2O4. The molecule has 1 amide bonds. The van der Waals surface area contributed by atoms with Gasteiger partial charge in [0.15, 0.2) is 11.5 Å². The number of ether oxygens (including phenoxy) is 2. The molecule has 3 aromatic rings. The minimum absolute atomic E-state index is 0.0714. The van der Waals surface area contributed by atoms with Crippen LogP contribution >= 0.6 is 39.1 Å². The number of hydrogen-bond donors (Lipinski definition) is 2. The fourth-order valence-corrected chi connectivity index (χ4v) is 3.78. The number of phenols is 1. The van der Waals surface area contributed by atoms with Crippen LogP contribution < -0.4 is 14.8 Å². The molecule has 3 rings (SSSR count). The van der Waals surface area contributed by atoms with Gasteiger partial charge in [0, 0.05) is 25.8 Å². The number of aromatic hydroxyl groups is 1. The first-order valence-corrected chi connectivity index (χ1v) is 11.6. The Balaban J connectivity index is 1.85. The van der Waals surface area contributed by atoms with Gasteiger partial charge in [-0.05, 0) is 67.1 Å². The van der Waals surface area contributed by atoms with Crippen molar-refractivity contribution in [3.8, 4) is 23.3 Å². The van der Waals surface area contributed by atoms with Gasteiger partial charge in [-0.3, -0.25) is 4.79 Å². The van der Waals surface area contributed by atoms with Gasteiger partial charge in [-0.1, -0.05) is 45.2 Å². The van der Waals surface area contributed by atoms with E-state index in [2.05, 4.69) is 21.2 Å². The molecule has 0 fully saturated rings. The highest BCUT2D eigenvalue weighted by molar-refractivity contribution is 9.10. The number of amides is 1. The summed E-state index contributed by atoms with van der Waals surface area (Å²) in [6.45, 7) is 2.41. The lowest BCUT2D eigenvalue weighted by Gasteiger charge is -2.15. The second-order valence-corrected chi connectivity index (χ2v) is 8.65. The second kappa shape index (κ2) is 11.8. The van der Waals surface area contributed by atoms with Gasteiger partial charge in [-0.2, -0.15) is 5.26 Å². The van der Waals surface area contributed by atoms with E-state index in [1.807, 2.05) is 13.0 Å². The minimum atomic E-state index is -0.587. The first-order valence-electron chi connectivity index (χ1n) is 10.1. The Morgan fingerprint density at radius 1 is 1.12 bits per heavy atom. The Morgan fingerprint density at radius 3 is 2.47 bits per heavy atom. The number of nitriles is 1. The standard InChI is InChI=1S/C25H19BrCl2N2O4/c1-2-33-23-10-16(9-17(13-29)25(32)30-19-5-7-20(31)8-6-19)21(26)12-24(23)34-14-15-3-4-18(27)11-22(15)28/h3-12,31H,2,14H2,1H3,(H,30,32)/b17-9+. The molecule has 0 aliphatic heterocycles. The zero-order chi connectivity index (χ0) is 24.7. The summed E-state index contributed by atoms with van der Waals surface area (Å²) < 4.78 is 12.2. The number of carbonyl (C=O) groups is 1. The third-order valence-electron chi connectivity index (χ3n) is 4.55. The molecule has 0 saturated carbocycles. The maximum Gasteiger partial charge on any atom is 0.266 e. The molecule has 0 unspecified atom stereocenters. The summed E-state index contributed by atoms with van der Waals surface area (Å²) in [5, 5.41) is 22.6. The number of carbonyl (C=O) groups excluding carboxylic acids is 1. The average molecular weight is 562 g/mol. The maximum absolute atomic E-state index is 12.6. The van der Waals surface area contributed by atoms with Crippen molar-refractivity contribution >= 4 is 56.8 Å². The van der Waals surface area contributed by atoms with E-state index in [1.54, 1.807) is 30.3 Å². The highest BCUT2D eigenvalue weighted by Gasteiger charge is 2.15. The van der Waals surface area contributed by atoms with Gasteiger partial charge in [0.05, 0.1) is 6.61 Å². The van der Waals surface area contributed by atoms with Gasteiger partial charge in [-0.15, -0.1) is 0 Å². The summed E-state index contributed by atoms with van der Waals surface area (Å²) in [5.41, 5.74) is 1.64. The normalized spacial score (nSPS) is 11.0. The van der Waals surface area contributed by atoms with E-state index in [0.717, 1.165) is 5.56 Å². The Labute approximate surface area is 215 Å². The summed E-state index contributed by atoms with van der Waals surface area (Å²) in [6.07, 6.45) is 1.45. The van der Waals surface area contributed by atoms with Crippen molar-refractivity contribution in [1.82, 2.24) is 0 Å². The van der Waals surface area contributed by atoms with Crippen LogP contribution in [0.25, 0.3) is 6.08 Å². The molecule has 174 valence electrons. The fraction of sp³-hybridized carbons (Fsp3) is 0.120. The smallest absolute Gasteiger partial charge is 0.266 e. The van der Waals surface area contributed by atoms with Crippen LogP contribution in [0.4, 0.5) is 5.69 Å². The lowest BCUT2D eigenvalue weighted by molar-refractivity contribution is -0.112. The van der Waals surface area contributed by atoms with Gasteiger partial charge in [-0.25, -0.2) is 0 Å². The van der Waals surface area contributed by atoms with E-state index in [1.165, 1.54) is 30.3 Å². The van der Waals surface area contributed by atoms with E-state index in [9.17, 15) is 15.2 Å². The summed E-state index contributed by atoms with van der Waals surface area (Å²) in [5.74, 6) is 0.389. The van der Waals surface area contributed by atoms with Crippen LogP contribution in [0, 0.1) is 11.3 Å². The van der Waals surface area contributed by atoms with E-state index in [0.29, 0.717) is 43.9 Å². The van der Waals surface area contributed by atoms with E-state index in [-0.39, 0.29) is 17.9 Å². The number of anilines is 1. The number of hydrogen-bond acceptors (Lipinski definition) is 5. The van der Waals surface area contributed by atoms with Crippen molar-refractivity contribution in [2.75, 3.05) is 11.9 Å². The number of benzene rings is 3. The van der Waals surface area contributed by atoms with Crippen LogP contribution in [0.2, 0.25) is 10.0 Å². The quantitative estimate of drug-likeness (QED) is 0.176. The molecule has 34 heavy (non-hydrogen) atoms. The molecule has 0 heterocycles. The second-order valence-electron chi connectivity index (χ2n) is 6.95. The molecule has 0 aliphatic carbocycles. The van der Waals surface area contributed by atoms with Gasteiger partial charge < -0.3 is 19.9 Å². The SMILES string of the molecule is CCOc1cc(/C=C(\C#N)C(=O)Nc2ccc(O)cc2)c(Br)cc1OCc1ccc(Cl)cc1Cl. The zero-order valence-corrected chi connectivity index (χ0v) is 21.0. The van der Waals surface area contributed by atoms with Crippen LogP contribution in [0.1, 0.15) is 18.1 Å². The van der Waals surface area contributed by atoms with Crippen molar-refractivity contribution < 1.29 is 19.4 Å². The summed E-state index contributed by atoms with van der Waals surface area (Å²) in [7, 11) is 0. The molecule has 0 spiro atoms. The van der Waals surface area contributed by atoms with Crippen LogP contribution in [0.5, 0.6) is 17.2 Å². The first kappa shape index (κ1) is 25.4. The predicted octanol–water partition coefficient (Wildman–Crippen LogP) is 6.98. The number of phenolic OH excluding ortho intramolecular Hbond substituents is 1. The minimum Gasteiger partial charge on any atom is -0.508 e. The Morgan fingerprint density at radius 2 is 1.82 bits per heavy atom. The molecule has 9 heteroatoms. The van der Waals surface area contributed by atoms with Crippen molar-refractivity contribution in [2.24, 2.45) is 0 Å². The van der Waals surface area contributed by atoms with Crippen molar-refractivity contribution in [3.05, 3.63) is 85.8 Å². The highest BCUT2D eigenvalue weighted by Crippen LogP contribution is 2.36. The summed E-state index contributed by atoms with van der Waals surface area (Å²) in [4.78, 5) is 12.6. The van der Waals surface area contributed by atoms with E-state index >= 15 is 0 Å². The summed E-state index contributed by atoms with van der Waals surface area (Å²) in [6, 6.07) is 16.4. The average Bonchev–Trinajstić information content (AvgIpc) is 2.80. The monoisotopic (exact) mass is 560 g/mol. The maximum atomic E-state index is 12.6. The van der Waals surface area contributed by atoms with Crippen molar-refractivity contribution in [1.29, 1.82) is 5.26 Å². The number of nitrogens with zero attached hydrogens (tertiary/aromatic N) is 1. The lowest BCUT2D eigenvalue weighted by atomic mass is 10.1. The number of halogens is 3. The first-order chi connectivity index (χ1) is 16.3. The molecule has 3 aromatic carbocycles. The fourth-order valence-electron chi connectivity index (χ4n) is 2.88. The van der Waals surface area contributed by atoms with Crippen molar-refractivity contribution in [2.45, 2.75) is 13.5 Å². The van der Waals surface area contributed by atoms with Crippen LogP contribution in [-0.4, -0.2) is 17.6 Å². The van der Waals surface area contributed by atoms with Gasteiger partial charge in [0.2, 0.25) is 0 Å². The lowest BCUT2D eigenvalue weighted by Crippen LogP contribution is -2.13. The predicted molar refractivity (Wildman–Crippen MR) is 136 cm³/mol. The Kier molecular flexibility index (Phi) is 8.83. The topological polar surface area (TPSA) is 91.6 Å². The van der Waals surface area contributed by atoms with Gasteiger partial charge in [0.25, 0.3) is 5.91 Å². The molecule has 0 aromatic heterocycles. The number of nitrogens with one attached hydrogen (secondary N) is 1. The highest BCUT2D eigenvalue weighted by atomic mass is 79.9. The third-order valence-corrected chi connectivity index (χ3v) is 5.82. The summed E-state index contributed by atoms with van der Waals surface area (Å²) >= 11 is 15.6. The molecular weight excluding hydrogens is 543 g/mol. The molecule has 6 nitrogen and oxygen atoms in total. The zero-order valence-electron chi connectivity index (χ0n) is 17.9. The van der Waals surface area contributed by atoms with Crippen molar-refractivity contribution in [3.63, 3.8) is 0 Å². The van der Waals surface area contributed by atoms with Crippen LogP contribution in [0.3, 0.4) is 0 Å². The molecule has 2 N–H and O–H groups in total. The van der Waals surface area contributed by atoms with Gasteiger partial charge >= 0.3 is 0 Å². The largest absolute Gasteiger partial charge is 0.508 e. The Bertz CT molecular complexity index is 1270. The molecule has 0 radical (unpaired) electrons.